The summed E-state index contributed by atoms with van der Waals surface area (Å²) in [6.07, 6.45) is 4.04. The van der Waals surface area contributed by atoms with E-state index in [1.807, 2.05) is 0 Å². The fourth-order valence-corrected chi connectivity index (χ4v) is 2.54. The molecule has 15 heavy (non-hydrogen) atoms. The third-order valence-electron chi connectivity index (χ3n) is 3.32. The number of halogens is 2. The van der Waals surface area contributed by atoms with E-state index in [4.69, 9.17) is 0 Å². The Morgan fingerprint density at radius 3 is 2.67 bits per heavy atom. The maximum atomic E-state index is 13.1. The van der Waals surface area contributed by atoms with Gasteiger partial charge in [-0.15, -0.1) is 0 Å². The molecular formula is C12H14BrFO. The molecule has 0 heterocycles. The Bertz CT molecular complexity index is 355. The standard InChI is InChI=1S/C12H14BrFO/c13-11-3-2-10(14)6-9(11)7-12(8-15)4-1-5-12/h2-3,6,15H,1,4-5,7-8H2. The van der Waals surface area contributed by atoms with Crippen LogP contribution in [0.3, 0.4) is 0 Å². The normalized spacial score (nSPS) is 18.6. The zero-order valence-corrected chi connectivity index (χ0v) is 10.1. The average molecular weight is 273 g/mol. The zero-order chi connectivity index (χ0) is 10.9. The second-order valence-electron chi connectivity index (χ2n) is 4.42. The predicted octanol–water partition coefficient (Wildman–Crippen LogP) is 3.29. The Morgan fingerprint density at radius 2 is 2.13 bits per heavy atom. The number of aliphatic hydroxyl groups excluding tert-OH is 1. The van der Waals surface area contributed by atoms with Gasteiger partial charge in [-0.3, -0.25) is 0 Å². The molecule has 0 radical (unpaired) electrons. The lowest BCUT2D eigenvalue weighted by Crippen LogP contribution is -2.35. The summed E-state index contributed by atoms with van der Waals surface area (Å²) >= 11 is 3.42. The van der Waals surface area contributed by atoms with E-state index >= 15 is 0 Å². The molecule has 0 aromatic heterocycles. The Labute approximate surface area is 97.4 Å². The second kappa shape index (κ2) is 4.22. The summed E-state index contributed by atoms with van der Waals surface area (Å²) in [5.74, 6) is -0.208. The first-order valence-electron chi connectivity index (χ1n) is 5.20. The van der Waals surface area contributed by atoms with Gasteiger partial charge in [0.1, 0.15) is 5.82 Å². The molecule has 3 heteroatoms. The second-order valence-corrected chi connectivity index (χ2v) is 5.28. The van der Waals surface area contributed by atoms with E-state index in [0.717, 1.165) is 29.3 Å². The highest BCUT2D eigenvalue weighted by Gasteiger charge is 2.36. The number of hydrogen-bond donors (Lipinski definition) is 1. The van der Waals surface area contributed by atoms with Crippen LogP contribution in [0, 0.1) is 11.2 Å². The molecule has 0 amide bonds. The van der Waals surface area contributed by atoms with Crippen molar-refractivity contribution in [2.24, 2.45) is 5.41 Å². The highest BCUT2D eigenvalue weighted by Crippen LogP contribution is 2.44. The summed E-state index contributed by atoms with van der Waals surface area (Å²) in [5, 5.41) is 9.35. The van der Waals surface area contributed by atoms with Gasteiger partial charge in [0.2, 0.25) is 0 Å². The van der Waals surface area contributed by atoms with Crippen molar-refractivity contribution in [1.29, 1.82) is 0 Å². The third-order valence-corrected chi connectivity index (χ3v) is 4.10. The molecule has 0 atom stereocenters. The van der Waals surface area contributed by atoms with Crippen LogP contribution in [0.2, 0.25) is 0 Å². The SMILES string of the molecule is OCC1(Cc2cc(F)ccc2Br)CCC1. The predicted molar refractivity (Wildman–Crippen MR) is 61.2 cm³/mol. The molecule has 2 rings (SSSR count). The molecule has 0 bridgehead atoms. The lowest BCUT2D eigenvalue weighted by Gasteiger charge is -2.40. The van der Waals surface area contributed by atoms with Crippen molar-refractivity contribution in [2.75, 3.05) is 6.61 Å². The first-order valence-corrected chi connectivity index (χ1v) is 5.99. The van der Waals surface area contributed by atoms with Gasteiger partial charge in [0.25, 0.3) is 0 Å². The average Bonchev–Trinajstić information content (AvgIpc) is 2.17. The molecule has 1 N–H and O–H groups in total. The quantitative estimate of drug-likeness (QED) is 0.896. The van der Waals surface area contributed by atoms with Gasteiger partial charge in [0, 0.05) is 11.1 Å². The Kier molecular flexibility index (Phi) is 3.12. The lowest BCUT2D eigenvalue weighted by molar-refractivity contribution is 0.0448. The van der Waals surface area contributed by atoms with E-state index in [0.29, 0.717) is 0 Å². The molecule has 0 unspecified atom stereocenters. The lowest BCUT2D eigenvalue weighted by atomic mass is 9.66. The van der Waals surface area contributed by atoms with Crippen molar-refractivity contribution in [3.8, 4) is 0 Å². The molecule has 0 spiro atoms. The largest absolute Gasteiger partial charge is 0.396 e. The van der Waals surface area contributed by atoms with Gasteiger partial charge in [0.05, 0.1) is 0 Å². The fraction of sp³-hybridized carbons (Fsp3) is 0.500. The van der Waals surface area contributed by atoms with Crippen molar-refractivity contribution < 1.29 is 9.50 Å². The van der Waals surface area contributed by atoms with Crippen molar-refractivity contribution in [2.45, 2.75) is 25.7 Å². The molecule has 1 saturated carbocycles. The van der Waals surface area contributed by atoms with Gasteiger partial charge >= 0.3 is 0 Å². The van der Waals surface area contributed by atoms with Crippen LogP contribution in [0.25, 0.3) is 0 Å². The first kappa shape index (κ1) is 11.1. The summed E-state index contributed by atoms with van der Waals surface area (Å²) in [6.45, 7) is 0.204. The van der Waals surface area contributed by atoms with Gasteiger partial charge in [-0.05, 0) is 48.4 Å². The van der Waals surface area contributed by atoms with Crippen LogP contribution in [0.15, 0.2) is 22.7 Å². The molecule has 1 aromatic rings. The van der Waals surface area contributed by atoms with E-state index in [1.54, 1.807) is 12.1 Å². The van der Waals surface area contributed by atoms with E-state index in [1.165, 1.54) is 12.5 Å². The molecule has 0 aliphatic heterocycles. The molecule has 82 valence electrons. The van der Waals surface area contributed by atoms with Crippen LogP contribution in [0.1, 0.15) is 24.8 Å². The summed E-state index contributed by atoms with van der Waals surface area (Å²) in [7, 11) is 0. The highest BCUT2D eigenvalue weighted by atomic mass is 79.9. The smallest absolute Gasteiger partial charge is 0.123 e. The van der Waals surface area contributed by atoms with Crippen LogP contribution in [0.4, 0.5) is 4.39 Å². The maximum absolute atomic E-state index is 13.1. The molecule has 1 aromatic carbocycles. The maximum Gasteiger partial charge on any atom is 0.123 e. The van der Waals surface area contributed by atoms with Gasteiger partial charge in [-0.2, -0.15) is 0 Å². The van der Waals surface area contributed by atoms with Crippen LogP contribution in [-0.4, -0.2) is 11.7 Å². The first-order chi connectivity index (χ1) is 7.15. The molecule has 1 nitrogen and oxygen atoms in total. The van der Waals surface area contributed by atoms with Crippen LogP contribution >= 0.6 is 15.9 Å². The summed E-state index contributed by atoms with van der Waals surface area (Å²) in [6, 6.07) is 4.73. The van der Waals surface area contributed by atoms with Crippen molar-refractivity contribution in [3.63, 3.8) is 0 Å². The van der Waals surface area contributed by atoms with Crippen LogP contribution in [0.5, 0.6) is 0 Å². The minimum absolute atomic E-state index is 0.0102. The zero-order valence-electron chi connectivity index (χ0n) is 8.47. The van der Waals surface area contributed by atoms with E-state index in [9.17, 15) is 9.50 Å². The van der Waals surface area contributed by atoms with Crippen LogP contribution < -0.4 is 0 Å². The van der Waals surface area contributed by atoms with Gasteiger partial charge < -0.3 is 5.11 Å². The fourth-order valence-electron chi connectivity index (χ4n) is 2.15. The monoisotopic (exact) mass is 272 g/mol. The van der Waals surface area contributed by atoms with E-state index in [2.05, 4.69) is 15.9 Å². The molecule has 1 fully saturated rings. The summed E-state index contributed by atoms with van der Waals surface area (Å²) in [4.78, 5) is 0. The molecule has 1 aliphatic carbocycles. The molecule has 1 aliphatic rings. The Morgan fingerprint density at radius 1 is 1.40 bits per heavy atom. The Hall–Kier alpha value is -0.410. The minimum atomic E-state index is -0.208. The van der Waals surface area contributed by atoms with Crippen molar-refractivity contribution in [3.05, 3.63) is 34.1 Å². The molecule has 0 saturated heterocycles. The number of rotatable bonds is 3. The van der Waals surface area contributed by atoms with Crippen molar-refractivity contribution >= 4 is 15.9 Å². The van der Waals surface area contributed by atoms with Gasteiger partial charge in [-0.1, -0.05) is 22.4 Å². The minimum Gasteiger partial charge on any atom is -0.396 e. The van der Waals surface area contributed by atoms with Gasteiger partial charge in [0.15, 0.2) is 0 Å². The summed E-state index contributed by atoms with van der Waals surface area (Å²) < 4.78 is 14.0. The summed E-state index contributed by atoms with van der Waals surface area (Å²) in [5.41, 5.74) is 0.972. The van der Waals surface area contributed by atoms with Gasteiger partial charge in [-0.25, -0.2) is 4.39 Å². The third kappa shape index (κ3) is 2.23. The van der Waals surface area contributed by atoms with E-state index < -0.39 is 0 Å². The number of hydrogen-bond acceptors (Lipinski definition) is 1. The number of aliphatic hydroxyl groups is 1. The van der Waals surface area contributed by atoms with Crippen LogP contribution in [-0.2, 0) is 6.42 Å². The highest BCUT2D eigenvalue weighted by molar-refractivity contribution is 9.10. The number of benzene rings is 1. The van der Waals surface area contributed by atoms with E-state index in [-0.39, 0.29) is 17.8 Å². The topological polar surface area (TPSA) is 20.2 Å². The van der Waals surface area contributed by atoms with Crippen molar-refractivity contribution in [1.82, 2.24) is 0 Å². The Balaban J connectivity index is 2.19. The molecular weight excluding hydrogens is 259 g/mol.